The molecule has 1 aromatic rings. The molecule has 0 aliphatic heterocycles. The Morgan fingerprint density at radius 2 is 2.29 bits per heavy atom. The fraction of sp³-hybridized carbons (Fsp3) is 0.462. The summed E-state index contributed by atoms with van der Waals surface area (Å²) < 4.78 is 5.54. The van der Waals surface area contributed by atoms with Crippen molar-refractivity contribution in [1.29, 1.82) is 0 Å². The Labute approximate surface area is 107 Å². The molecule has 0 heterocycles. The SMILES string of the molecule is CCCOc1cccc(CCNC(=O)CCl)c1. The number of halogens is 1. The van der Waals surface area contributed by atoms with Crippen LogP contribution in [0.4, 0.5) is 0 Å². The molecule has 0 aromatic heterocycles. The summed E-state index contributed by atoms with van der Waals surface area (Å²) in [5.41, 5.74) is 1.15. The van der Waals surface area contributed by atoms with Crippen molar-refractivity contribution in [2.45, 2.75) is 19.8 Å². The van der Waals surface area contributed by atoms with Crippen molar-refractivity contribution < 1.29 is 9.53 Å². The van der Waals surface area contributed by atoms with Gasteiger partial charge >= 0.3 is 0 Å². The van der Waals surface area contributed by atoms with Crippen LogP contribution < -0.4 is 10.1 Å². The Hall–Kier alpha value is -1.22. The summed E-state index contributed by atoms with van der Waals surface area (Å²) in [5.74, 6) is 0.762. The fourth-order valence-corrected chi connectivity index (χ4v) is 1.50. The van der Waals surface area contributed by atoms with Crippen molar-refractivity contribution in [1.82, 2.24) is 5.32 Å². The predicted octanol–water partition coefficient (Wildman–Crippen LogP) is 2.37. The van der Waals surface area contributed by atoms with Crippen LogP contribution in [0, 0.1) is 0 Å². The van der Waals surface area contributed by atoms with Gasteiger partial charge in [0.05, 0.1) is 6.61 Å². The summed E-state index contributed by atoms with van der Waals surface area (Å²) in [6, 6.07) is 7.92. The van der Waals surface area contributed by atoms with Crippen molar-refractivity contribution in [3.8, 4) is 5.75 Å². The van der Waals surface area contributed by atoms with Gasteiger partial charge in [0.25, 0.3) is 0 Å². The first-order chi connectivity index (χ1) is 8.26. The minimum Gasteiger partial charge on any atom is -0.494 e. The van der Waals surface area contributed by atoms with Gasteiger partial charge in [0.2, 0.25) is 5.91 Å². The first-order valence-electron chi connectivity index (χ1n) is 5.80. The average Bonchev–Trinajstić information content (AvgIpc) is 2.36. The maximum atomic E-state index is 10.9. The number of rotatable bonds is 7. The Morgan fingerprint density at radius 1 is 1.47 bits per heavy atom. The third-order valence-electron chi connectivity index (χ3n) is 2.23. The molecule has 0 radical (unpaired) electrons. The zero-order valence-corrected chi connectivity index (χ0v) is 10.8. The summed E-state index contributed by atoms with van der Waals surface area (Å²) in [4.78, 5) is 10.9. The van der Waals surface area contributed by atoms with Gasteiger partial charge < -0.3 is 10.1 Å². The number of alkyl halides is 1. The van der Waals surface area contributed by atoms with Crippen molar-refractivity contribution in [2.75, 3.05) is 19.0 Å². The molecule has 0 unspecified atom stereocenters. The summed E-state index contributed by atoms with van der Waals surface area (Å²) in [6.45, 7) is 3.40. The van der Waals surface area contributed by atoms with E-state index in [1.165, 1.54) is 0 Å². The molecule has 0 aliphatic carbocycles. The number of hydrogen-bond donors (Lipinski definition) is 1. The third-order valence-corrected chi connectivity index (χ3v) is 2.47. The van der Waals surface area contributed by atoms with Crippen LogP contribution in [-0.2, 0) is 11.2 Å². The van der Waals surface area contributed by atoms with Crippen molar-refractivity contribution in [3.05, 3.63) is 29.8 Å². The molecule has 0 bridgehead atoms. The highest BCUT2D eigenvalue weighted by molar-refractivity contribution is 6.27. The van der Waals surface area contributed by atoms with E-state index in [4.69, 9.17) is 16.3 Å². The van der Waals surface area contributed by atoms with E-state index in [-0.39, 0.29) is 11.8 Å². The first-order valence-corrected chi connectivity index (χ1v) is 6.34. The molecular weight excluding hydrogens is 238 g/mol. The molecule has 1 aromatic carbocycles. The molecule has 1 amide bonds. The number of hydrogen-bond acceptors (Lipinski definition) is 2. The van der Waals surface area contributed by atoms with Crippen LogP contribution in [-0.4, -0.2) is 24.9 Å². The van der Waals surface area contributed by atoms with Crippen LogP contribution in [0.5, 0.6) is 5.75 Å². The van der Waals surface area contributed by atoms with Gasteiger partial charge in [-0.05, 0) is 30.5 Å². The van der Waals surface area contributed by atoms with Gasteiger partial charge in [-0.1, -0.05) is 19.1 Å². The number of ether oxygens (including phenoxy) is 1. The second kappa shape index (κ2) is 7.96. The van der Waals surface area contributed by atoms with Gasteiger partial charge in [0.15, 0.2) is 0 Å². The summed E-state index contributed by atoms with van der Waals surface area (Å²) in [5, 5.41) is 2.73. The Kier molecular flexibility index (Phi) is 6.48. The van der Waals surface area contributed by atoms with Gasteiger partial charge in [0, 0.05) is 6.54 Å². The summed E-state index contributed by atoms with van der Waals surface area (Å²) >= 11 is 5.38. The number of benzene rings is 1. The Morgan fingerprint density at radius 3 is 3.00 bits per heavy atom. The monoisotopic (exact) mass is 255 g/mol. The van der Waals surface area contributed by atoms with Crippen LogP contribution in [0.15, 0.2) is 24.3 Å². The second-order valence-electron chi connectivity index (χ2n) is 3.73. The van der Waals surface area contributed by atoms with Crippen molar-refractivity contribution in [2.24, 2.45) is 0 Å². The van der Waals surface area contributed by atoms with Crippen molar-refractivity contribution in [3.63, 3.8) is 0 Å². The number of carbonyl (C=O) groups excluding carboxylic acids is 1. The molecule has 94 valence electrons. The molecule has 17 heavy (non-hydrogen) atoms. The van der Waals surface area contributed by atoms with Gasteiger partial charge in [-0.2, -0.15) is 0 Å². The Balaban J connectivity index is 2.40. The molecule has 0 atom stereocenters. The zero-order valence-electron chi connectivity index (χ0n) is 10.0. The maximum absolute atomic E-state index is 10.9. The molecule has 0 fully saturated rings. The summed E-state index contributed by atoms with van der Waals surface area (Å²) in [6.07, 6.45) is 1.78. The topological polar surface area (TPSA) is 38.3 Å². The van der Waals surface area contributed by atoms with Gasteiger partial charge in [0.1, 0.15) is 11.6 Å². The number of nitrogens with one attached hydrogen (secondary N) is 1. The van der Waals surface area contributed by atoms with Crippen LogP contribution in [0.2, 0.25) is 0 Å². The van der Waals surface area contributed by atoms with Crippen LogP contribution in [0.25, 0.3) is 0 Å². The van der Waals surface area contributed by atoms with Crippen molar-refractivity contribution >= 4 is 17.5 Å². The predicted molar refractivity (Wildman–Crippen MR) is 69.7 cm³/mol. The lowest BCUT2D eigenvalue weighted by atomic mass is 10.1. The van der Waals surface area contributed by atoms with E-state index in [1.807, 2.05) is 24.3 Å². The van der Waals surface area contributed by atoms with E-state index in [0.29, 0.717) is 6.54 Å². The molecule has 0 saturated heterocycles. The number of amides is 1. The average molecular weight is 256 g/mol. The van der Waals surface area contributed by atoms with E-state index in [2.05, 4.69) is 12.2 Å². The molecular formula is C13H18ClNO2. The number of carbonyl (C=O) groups is 1. The standard InChI is InChI=1S/C13H18ClNO2/c1-2-8-17-12-5-3-4-11(9-12)6-7-15-13(16)10-14/h3-5,9H,2,6-8,10H2,1H3,(H,15,16). The lowest BCUT2D eigenvalue weighted by molar-refractivity contribution is -0.118. The van der Waals surface area contributed by atoms with Crippen LogP contribution >= 0.6 is 11.6 Å². The van der Waals surface area contributed by atoms with Gasteiger partial charge in [-0.25, -0.2) is 0 Å². The molecule has 0 saturated carbocycles. The van der Waals surface area contributed by atoms with Crippen LogP contribution in [0.1, 0.15) is 18.9 Å². The molecule has 0 aliphatic rings. The maximum Gasteiger partial charge on any atom is 0.234 e. The minimum atomic E-state index is -0.134. The smallest absolute Gasteiger partial charge is 0.234 e. The highest BCUT2D eigenvalue weighted by atomic mass is 35.5. The second-order valence-corrected chi connectivity index (χ2v) is 4.00. The molecule has 0 spiro atoms. The molecule has 4 heteroatoms. The van der Waals surface area contributed by atoms with Crippen LogP contribution in [0.3, 0.4) is 0 Å². The molecule has 1 N–H and O–H groups in total. The highest BCUT2D eigenvalue weighted by Gasteiger charge is 1.99. The highest BCUT2D eigenvalue weighted by Crippen LogP contribution is 2.13. The third kappa shape index (κ3) is 5.59. The van der Waals surface area contributed by atoms with Gasteiger partial charge in [-0.15, -0.1) is 11.6 Å². The van der Waals surface area contributed by atoms with E-state index in [0.717, 1.165) is 30.8 Å². The molecule has 3 nitrogen and oxygen atoms in total. The quantitative estimate of drug-likeness (QED) is 0.760. The van der Waals surface area contributed by atoms with E-state index < -0.39 is 0 Å². The lowest BCUT2D eigenvalue weighted by Gasteiger charge is -2.07. The summed E-state index contributed by atoms with van der Waals surface area (Å²) in [7, 11) is 0. The van der Waals surface area contributed by atoms with Gasteiger partial charge in [-0.3, -0.25) is 4.79 Å². The van der Waals surface area contributed by atoms with E-state index in [1.54, 1.807) is 0 Å². The van der Waals surface area contributed by atoms with E-state index in [9.17, 15) is 4.79 Å². The normalized spacial score (nSPS) is 10.0. The minimum absolute atomic E-state index is 0.0135. The molecule has 1 rings (SSSR count). The first kappa shape index (κ1) is 13.8. The lowest BCUT2D eigenvalue weighted by Crippen LogP contribution is -2.26. The zero-order chi connectivity index (χ0) is 12.5. The Bertz CT molecular complexity index is 355. The fourth-order valence-electron chi connectivity index (χ4n) is 1.40. The largest absolute Gasteiger partial charge is 0.494 e. The van der Waals surface area contributed by atoms with E-state index >= 15 is 0 Å².